The molecule has 1 aromatic rings. The van der Waals surface area contributed by atoms with Gasteiger partial charge in [0, 0.05) is 26.0 Å². The molecule has 1 heterocycles. The summed E-state index contributed by atoms with van der Waals surface area (Å²) in [5.41, 5.74) is 0. The Labute approximate surface area is 85.0 Å². The van der Waals surface area contributed by atoms with Gasteiger partial charge < -0.3 is 15.0 Å². The molecule has 1 aromatic heterocycles. The number of aliphatic hydroxyl groups is 1. The third-order valence-corrected chi connectivity index (χ3v) is 2.38. The van der Waals surface area contributed by atoms with Gasteiger partial charge in [-0.15, -0.1) is 0 Å². The number of rotatable bonds is 5. The van der Waals surface area contributed by atoms with Gasteiger partial charge in [-0.25, -0.2) is 4.98 Å². The molecule has 0 fully saturated rings. The molecule has 0 aliphatic heterocycles. The van der Waals surface area contributed by atoms with Gasteiger partial charge in [0.15, 0.2) is 0 Å². The summed E-state index contributed by atoms with van der Waals surface area (Å²) < 4.78 is 1.98. The Hall–Kier alpha value is -0.870. The number of hydrogen-bond acceptors (Lipinski definition) is 3. The van der Waals surface area contributed by atoms with E-state index in [1.807, 2.05) is 31.7 Å². The molecular formula is C10H19N3O. The topological polar surface area (TPSA) is 50.1 Å². The number of aliphatic hydroxyl groups excluding tert-OH is 1. The van der Waals surface area contributed by atoms with Crippen molar-refractivity contribution in [3.05, 3.63) is 18.2 Å². The van der Waals surface area contributed by atoms with E-state index in [0.717, 1.165) is 12.2 Å². The SMILES string of the molecule is CCC(O)CNC(C)c1nccn1C. The largest absolute Gasteiger partial charge is 0.392 e. The Kier molecular flexibility index (Phi) is 4.10. The normalized spacial score (nSPS) is 15.4. The fraction of sp³-hybridized carbons (Fsp3) is 0.700. The van der Waals surface area contributed by atoms with E-state index in [-0.39, 0.29) is 12.1 Å². The molecule has 2 atom stereocenters. The van der Waals surface area contributed by atoms with Crippen molar-refractivity contribution < 1.29 is 5.11 Å². The van der Waals surface area contributed by atoms with Crippen LogP contribution in [0.15, 0.2) is 12.4 Å². The molecule has 0 aromatic carbocycles. The minimum atomic E-state index is -0.266. The van der Waals surface area contributed by atoms with Crippen molar-refractivity contribution in [2.24, 2.45) is 7.05 Å². The third-order valence-electron chi connectivity index (χ3n) is 2.38. The maximum atomic E-state index is 9.38. The molecule has 0 spiro atoms. The molecule has 0 bridgehead atoms. The van der Waals surface area contributed by atoms with Gasteiger partial charge in [0.2, 0.25) is 0 Å². The van der Waals surface area contributed by atoms with Crippen LogP contribution in [0.3, 0.4) is 0 Å². The molecule has 4 nitrogen and oxygen atoms in total. The van der Waals surface area contributed by atoms with Crippen LogP contribution in [0.1, 0.15) is 32.1 Å². The molecule has 2 N–H and O–H groups in total. The Morgan fingerprint density at radius 2 is 2.36 bits per heavy atom. The first-order valence-electron chi connectivity index (χ1n) is 5.03. The van der Waals surface area contributed by atoms with E-state index in [9.17, 15) is 5.11 Å². The van der Waals surface area contributed by atoms with Crippen molar-refractivity contribution in [3.63, 3.8) is 0 Å². The molecular weight excluding hydrogens is 178 g/mol. The van der Waals surface area contributed by atoms with Crippen molar-refractivity contribution in [1.82, 2.24) is 14.9 Å². The smallest absolute Gasteiger partial charge is 0.125 e. The Morgan fingerprint density at radius 3 is 2.86 bits per heavy atom. The molecule has 0 aliphatic rings. The van der Waals surface area contributed by atoms with Crippen LogP contribution in [0.25, 0.3) is 0 Å². The van der Waals surface area contributed by atoms with Crippen molar-refractivity contribution in [2.75, 3.05) is 6.54 Å². The molecule has 80 valence electrons. The van der Waals surface area contributed by atoms with E-state index in [1.54, 1.807) is 6.20 Å². The van der Waals surface area contributed by atoms with Crippen molar-refractivity contribution in [3.8, 4) is 0 Å². The van der Waals surface area contributed by atoms with Crippen LogP contribution in [0.2, 0.25) is 0 Å². The van der Waals surface area contributed by atoms with Gasteiger partial charge in [-0.1, -0.05) is 6.92 Å². The Balaban J connectivity index is 2.43. The zero-order valence-electron chi connectivity index (χ0n) is 9.07. The predicted octanol–water partition coefficient (Wildman–Crippen LogP) is 0.842. The first-order valence-corrected chi connectivity index (χ1v) is 5.03. The highest BCUT2D eigenvalue weighted by Gasteiger charge is 2.10. The molecule has 0 saturated heterocycles. The van der Waals surface area contributed by atoms with Gasteiger partial charge in [-0.2, -0.15) is 0 Å². The van der Waals surface area contributed by atoms with Gasteiger partial charge >= 0.3 is 0 Å². The average molecular weight is 197 g/mol. The number of aryl methyl sites for hydroxylation is 1. The van der Waals surface area contributed by atoms with Crippen LogP contribution in [0, 0.1) is 0 Å². The summed E-state index contributed by atoms with van der Waals surface area (Å²) in [6.45, 7) is 4.63. The highest BCUT2D eigenvalue weighted by atomic mass is 16.3. The molecule has 0 saturated carbocycles. The summed E-state index contributed by atoms with van der Waals surface area (Å²) in [6.07, 6.45) is 4.21. The number of aromatic nitrogens is 2. The molecule has 0 aliphatic carbocycles. The molecule has 0 amide bonds. The third kappa shape index (κ3) is 2.82. The lowest BCUT2D eigenvalue weighted by molar-refractivity contribution is 0.163. The fourth-order valence-corrected chi connectivity index (χ4v) is 1.34. The minimum Gasteiger partial charge on any atom is -0.392 e. The maximum absolute atomic E-state index is 9.38. The zero-order chi connectivity index (χ0) is 10.6. The van der Waals surface area contributed by atoms with E-state index in [2.05, 4.69) is 10.3 Å². The number of imidazole rings is 1. The summed E-state index contributed by atoms with van der Waals surface area (Å²) in [5.74, 6) is 0.994. The second-order valence-electron chi connectivity index (χ2n) is 3.59. The summed E-state index contributed by atoms with van der Waals surface area (Å²) in [7, 11) is 1.97. The highest BCUT2D eigenvalue weighted by molar-refractivity contribution is 4.96. The van der Waals surface area contributed by atoms with E-state index in [1.165, 1.54) is 0 Å². The van der Waals surface area contributed by atoms with E-state index in [0.29, 0.717) is 6.54 Å². The van der Waals surface area contributed by atoms with Gasteiger partial charge in [0.25, 0.3) is 0 Å². The van der Waals surface area contributed by atoms with Crippen LogP contribution in [-0.2, 0) is 7.05 Å². The fourth-order valence-electron chi connectivity index (χ4n) is 1.34. The van der Waals surface area contributed by atoms with Crippen LogP contribution < -0.4 is 5.32 Å². The van der Waals surface area contributed by atoms with Crippen LogP contribution >= 0.6 is 0 Å². The second kappa shape index (κ2) is 5.12. The van der Waals surface area contributed by atoms with Crippen molar-refractivity contribution >= 4 is 0 Å². The van der Waals surface area contributed by atoms with Gasteiger partial charge in [0.1, 0.15) is 5.82 Å². The lowest BCUT2D eigenvalue weighted by Crippen LogP contribution is -2.29. The second-order valence-corrected chi connectivity index (χ2v) is 3.59. The number of nitrogens with zero attached hydrogens (tertiary/aromatic N) is 2. The number of nitrogens with one attached hydrogen (secondary N) is 1. The summed E-state index contributed by atoms with van der Waals surface area (Å²) >= 11 is 0. The van der Waals surface area contributed by atoms with Gasteiger partial charge in [-0.05, 0) is 13.3 Å². The summed E-state index contributed by atoms with van der Waals surface area (Å²) in [4.78, 5) is 4.24. The lowest BCUT2D eigenvalue weighted by Gasteiger charge is -2.15. The molecule has 4 heteroatoms. The van der Waals surface area contributed by atoms with E-state index >= 15 is 0 Å². The Morgan fingerprint density at radius 1 is 1.64 bits per heavy atom. The highest BCUT2D eigenvalue weighted by Crippen LogP contribution is 2.08. The van der Waals surface area contributed by atoms with Crippen molar-refractivity contribution in [2.45, 2.75) is 32.4 Å². The first-order chi connectivity index (χ1) is 6.65. The lowest BCUT2D eigenvalue weighted by atomic mass is 10.2. The summed E-state index contributed by atoms with van der Waals surface area (Å²) in [5, 5.41) is 12.6. The quantitative estimate of drug-likeness (QED) is 0.735. The number of hydrogen-bond donors (Lipinski definition) is 2. The van der Waals surface area contributed by atoms with E-state index in [4.69, 9.17) is 0 Å². The predicted molar refractivity (Wildman–Crippen MR) is 55.9 cm³/mol. The average Bonchev–Trinajstić information content (AvgIpc) is 2.60. The van der Waals surface area contributed by atoms with Gasteiger partial charge in [0.05, 0.1) is 12.1 Å². The molecule has 14 heavy (non-hydrogen) atoms. The maximum Gasteiger partial charge on any atom is 0.125 e. The van der Waals surface area contributed by atoms with Crippen LogP contribution in [0.4, 0.5) is 0 Å². The van der Waals surface area contributed by atoms with Gasteiger partial charge in [-0.3, -0.25) is 0 Å². The summed E-state index contributed by atoms with van der Waals surface area (Å²) in [6, 6.07) is 0.177. The molecule has 2 unspecified atom stereocenters. The van der Waals surface area contributed by atoms with Crippen LogP contribution in [0.5, 0.6) is 0 Å². The molecule has 0 radical (unpaired) electrons. The van der Waals surface area contributed by atoms with E-state index < -0.39 is 0 Å². The monoisotopic (exact) mass is 197 g/mol. The minimum absolute atomic E-state index is 0.177. The molecule has 1 rings (SSSR count). The Bertz CT molecular complexity index is 272. The van der Waals surface area contributed by atoms with Crippen LogP contribution in [-0.4, -0.2) is 27.3 Å². The zero-order valence-corrected chi connectivity index (χ0v) is 9.07. The standard InChI is InChI=1S/C10H19N3O/c1-4-9(14)7-12-8(2)10-11-5-6-13(10)3/h5-6,8-9,12,14H,4,7H2,1-3H3. The first kappa shape index (κ1) is 11.2. The van der Waals surface area contributed by atoms with Crippen molar-refractivity contribution in [1.29, 1.82) is 0 Å².